The van der Waals surface area contributed by atoms with Crippen LogP contribution in [0.5, 0.6) is 5.75 Å². The molecular formula is C21H24N6O3S. The summed E-state index contributed by atoms with van der Waals surface area (Å²) in [6.07, 6.45) is 3.48. The SMILES string of the molecule is CCOC(=O)c1[nH]c2ccc(OC)cc2c1NC(=S)N1CCN(c2ncccn2)CC1. The summed E-state index contributed by atoms with van der Waals surface area (Å²) in [5.74, 6) is 0.968. The van der Waals surface area contributed by atoms with Gasteiger partial charge in [0.1, 0.15) is 11.4 Å². The Hall–Kier alpha value is -3.40. The molecule has 0 saturated carbocycles. The number of esters is 1. The number of aromatic amines is 1. The lowest BCUT2D eigenvalue weighted by Gasteiger charge is -2.36. The summed E-state index contributed by atoms with van der Waals surface area (Å²) in [6, 6.07) is 7.37. The zero-order chi connectivity index (χ0) is 21.8. The van der Waals surface area contributed by atoms with E-state index in [-0.39, 0.29) is 6.61 Å². The summed E-state index contributed by atoms with van der Waals surface area (Å²) in [5, 5.41) is 4.62. The zero-order valence-electron chi connectivity index (χ0n) is 17.4. The molecule has 0 spiro atoms. The van der Waals surface area contributed by atoms with E-state index in [0.717, 1.165) is 24.0 Å². The van der Waals surface area contributed by atoms with Crippen LogP contribution in [0.2, 0.25) is 0 Å². The van der Waals surface area contributed by atoms with Gasteiger partial charge in [0.15, 0.2) is 5.11 Å². The number of nitrogens with one attached hydrogen (secondary N) is 2. The zero-order valence-corrected chi connectivity index (χ0v) is 18.2. The van der Waals surface area contributed by atoms with Crippen molar-refractivity contribution in [2.24, 2.45) is 0 Å². The van der Waals surface area contributed by atoms with Crippen molar-refractivity contribution in [2.45, 2.75) is 6.92 Å². The van der Waals surface area contributed by atoms with Crippen molar-refractivity contribution in [3.05, 3.63) is 42.4 Å². The van der Waals surface area contributed by atoms with Gasteiger partial charge < -0.3 is 29.6 Å². The second kappa shape index (κ2) is 9.17. The Balaban J connectivity index is 1.54. The molecule has 2 aromatic heterocycles. The van der Waals surface area contributed by atoms with E-state index in [4.69, 9.17) is 21.7 Å². The van der Waals surface area contributed by atoms with E-state index in [1.54, 1.807) is 32.5 Å². The van der Waals surface area contributed by atoms with E-state index in [1.165, 1.54) is 0 Å². The first-order chi connectivity index (χ1) is 15.1. The summed E-state index contributed by atoms with van der Waals surface area (Å²) < 4.78 is 10.6. The van der Waals surface area contributed by atoms with Crippen molar-refractivity contribution in [3.63, 3.8) is 0 Å². The molecule has 0 atom stereocenters. The molecule has 1 aromatic carbocycles. The van der Waals surface area contributed by atoms with Gasteiger partial charge in [0.05, 0.1) is 19.4 Å². The molecule has 31 heavy (non-hydrogen) atoms. The summed E-state index contributed by atoms with van der Waals surface area (Å²) >= 11 is 5.68. The number of carbonyl (C=O) groups excluding carboxylic acids is 1. The Morgan fingerprint density at radius 2 is 1.97 bits per heavy atom. The number of benzene rings is 1. The minimum Gasteiger partial charge on any atom is -0.497 e. The van der Waals surface area contributed by atoms with Crippen LogP contribution in [0.25, 0.3) is 10.9 Å². The van der Waals surface area contributed by atoms with Crippen molar-refractivity contribution in [1.29, 1.82) is 0 Å². The molecule has 0 aliphatic carbocycles. The Bertz CT molecular complexity index is 1080. The maximum Gasteiger partial charge on any atom is 0.356 e. The molecule has 10 heteroatoms. The molecule has 0 amide bonds. The number of hydrogen-bond acceptors (Lipinski definition) is 7. The Kier molecular flexibility index (Phi) is 6.17. The third-order valence-electron chi connectivity index (χ3n) is 5.12. The number of anilines is 2. The van der Waals surface area contributed by atoms with Gasteiger partial charge in [-0.05, 0) is 43.4 Å². The number of rotatable bonds is 5. The van der Waals surface area contributed by atoms with Gasteiger partial charge in [0.2, 0.25) is 5.95 Å². The fourth-order valence-electron chi connectivity index (χ4n) is 3.53. The first-order valence-corrected chi connectivity index (χ1v) is 10.5. The van der Waals surface area contributed by atoms with Gasteiger partial charge in [-0.15, -0.1) is 0 Å². The van der Waals surface area contributed by atoms with Crippen LogP contribution in [-0.4, -0.2) is 70.8 Å². The molecule has 9 nitrogen and oxygen atoms in total. The third-order valence-corrected chi connectivity index (χ3v) is 5.48. The number of ether oxygens (including phenoxy) is 2. The van der Waals surface area contributed by atoms with E-state index in [0.29, 0.717) is 41.3 Å². The van der Waals surface area contributed by atoms with E-state index < -0.39 is 5.97 Å². The van der Waals surface area contributed by atoms with Gasteiger partial charge in [-0.25, -0.2) is 14.8 Å². The minimum atomic E-state index is -0.436. The number of carbonyl (C=O) groups is 1. The molecule has 0 bridgehead atoms. The smallest absolute Gasteiger partial charge is 0.356 e. The number of thiocarbonyl (C=S) groups is 1. The first-order valence-electron chi connectivity index (χ1n) is 10.1. The number of nitrogens with zero attached hydrogens (tertiary/aromatic N) is 4. The Labute approximate surface area is 185 Å². The van der Waals surface area contributed by atoms with Crippen LogP contribution in [0.15, 0.2) is 36.7 Å². The van der Waals surface area contributed by atoms with Crippen molar-refractivity contribution in [2.75, 3.05) is 50.1 Å². The lowest BCUT2D eigenvalue weighted by atomic mass is 10.2. The average Bonchev–Trinajstić information content (AvgIpc) is 3.17. The summed E-state index contributed by atoms with van der Waals surface area (Å²) in [4.78, 5) is 28.5. The fourth-order valence-corrected chi connectivity index (χ4v) is 3.82. The van der Waals surface area contributed by atoms with Gasteiger partial charge in [-0.2, -0.15) is 0 Å². The quantitative estimate of drug-likeness (QED) is 0.458. The Morgan fingerprint density at radius 3 is 2.65 bits per heavy atom. The molecule has 1 aliphatic heterocycles. The molecule has 1 saturated heterocycles. The lowest BCUT2D eigenvalue weighted by Crippen LogP contribution is -2.50. The molecule has 162 valence electrons. The fraction of sp³-hybridized carbons (Fsp3) is 0.333. The number of H-pyrrole nitrogens is 1. The van der Waals surface area contributed by atoms with Crippen LogP contribution in [-0.2, 0) is 4.74 Å². The molecule has 0 unspecified atom stereocenters. The highest BCUT2D eigenvalue weighted by Gasteiger charge is 2.24. The maximum atomic E-state index is 12.5. The van der Waals surface area contributed by atoms with E-state index in [9.17, 15) is 4.79 Å². The van der Waals surface area contributed by atoms with Gasteiger partial charge in [0.25, 0.3) is 0 Å². The van der Waals surface area contributed by atoms with E-state index in [2.05, 4.69) is 30.1 Å². The van der Waals surface area contributed by atoms with Crippen LogP contribution in [0.4, 0.5) is 11.6 Å². The van der Waals surface area contributed by atoms with Gasteiger partial charge >= 0.3 is 5.97 Å². The highest BCUT2D eigenvalue weighted by atomic mass is 32.1. The number of piperazine rings is 1. The third kappa shape index (κ3) is 4.38. The van der Waals surface area contributed by atoms with E-state index >= 15 is 0 Å². The molecule has 1 aliphatic rings. The van der Waals surface area contributed by atoms with Crippen molar-refractivity contribution >= 4 is 45.8 Å². The Morgan fingerprint density at radius 1 is 1.23 bits per heavy atom. The lowest BCUT2D eigenvalue weighted by molar-refractivity contribution is 0.0522. The second-order valence-corrected chi connectivity index (χ2v) is 7.35. The molecule has 4 rings (SSSR count). The molecule has 3 aromatic rings. The van der Waals surface area contributed by atoms with Crippen LogP contribution in [0.3, 0.4) is 0 Å². The van der Waals surface area contributed by atoms with Crippen LogP contribution in [0, 0.1) is 0 Å². The standard InChI is InChI=1S/C21H24N6O3S/c1-3-30-19(28)18-17(15-13-14(29-2)5-6-16(15)24-18)25-21(31)27-11-9-26(10-12-27)20-22-7-4-8-23-20/h4-8,13,24H,3,9-12H2,1-2H3,(H,25,31). The van der Waals surface area contributed by atoms with Gasteiger partial charge in [-0.3, -0.25) is 0 Å². The van der Waals surface area contributed by atoms with Gasteiger partial charge in [-0.1, -0.05) is 0 Å². The number of fused-ring (bicyclic) bond motifs is 1. The van der Waals surface area contributed by atoms with Crippen molar-refractivity contribution < 1.29 is 14.3 Å². The normalized spacial score (nSPS) is 13.9. The molecule has 0 radical (unpaired) electrons. The number of methoxy groups -OCH3 is 1. The van der Waals surface area contributed by atoms with E-state index in [1.807, 2.05) is 18.2 Å². The summed E-state index contributed by atoms with van der Waals surface area (Å²) in [7, 11) is 1.60. The average molecular weight is 441 g/mol. The predicted octanol–water partition coefficient (Wildman–Crippen LogP) is 2.66. The maximum absolute atomic E-state index is 12.5. The second-order valence-electron chi connectivity index (χ2n) is 6.96. The predicted molar refractivity (Wildman–Crippen MR) is 123 cm³/mol. The molecule has 3 heterocycles. The summed E-state index contributed by atoms with van der Waals surface area (Å²) in [5.41, 5.74) is 1.72. The highest BCUT2D eigenvalue weighted by molar-refractivity contribution is 7.80. The highest BCUT2D eigenvalue weighted by Crippen LogP contribution is 2.32. The van der Waals surface area contributed by atoms with Crippen LogP contribution < -0.4 is 15.0 Å². The molecule has 2 N–H and O–H groups in total. The topological polar surface area (TPSA) is 95.6 Å². The summed E-state index contributed by atoms with van der Waals surface area (Å²) in [6.45, 7) is 4.98. The van der Waals surface area contributed by atoms with Crippen LogP contribution in [0.1, 0.15) is 17.4 Å². The monoisotopic (exact) mass is 440 g/mol. The number of aromatic nitrogens is 3. The van der Waals surface area contributed by atoms with Crippen molar-refractivity contribution in [1.82, 2.24) is 19.9 Å². The molecular weight excluding hydrogens is 416 g/mol. The first kappa shape index (κ1) is 20.9. The molecule has 1 fully saturated rings. The van der Waals surface area contributed by atoms with Crippen molar-refractivity contribution in [3.8, 4) is 5.75 Å². The largest absolute Gasteiger partial charge is 0.497 e. The number of hydrogen-bond donors (Lipinski definition) is 2. The van der Waals surface area contributed by atoms with Crippen LogP contribution >= 0.6 is 12.2 Å². The van der Waals surface area contributed by atoms with Gasteiger partial charge in [0, 0.05) is 49.5 Å². The minimum absolute atomic E-state index is 0.283.